The molecule has 4 atom stereocenters. The summed E-state index contributed by atoms with van der Waals surface area (Å²) in [6, 6.07) is 7.59. The summed E-state index contributed by atoms with van der Waals surface area (Å²) in [5.41, 5.74) is 1.82. The van der Waals surface area contributed by atoms with E-state index in [0.29, 0.717) is 5.69 Å². The largest absolute Gasteiger partial charge is 0.325 e. The number of anilines is 1. The zero-order valence-electron chi connectivity index (χ0n) is 13.6. The zero-order valence-corrected chi connectivity index (χ0v) is 13.6. The van der Waals surface area contributed by atoms with E-state index in [9.17, 15) is 14.4 Å². The SMILES string of the molecule is CCc1cccc(NC(=O)CN2C(=O)C3C4C=CC(C4)C3C2=O)c1. The Morgan fingerprint density at radius 2 is 1.83 bits per heavy atom. The van der Waals surface area contributed by atoms with E-state index in [-0.39, 0.29) is 47.9 Å². The van der Waals surface area contributed by atoms with Crippen LogP contribution in [-0.4, -0.2) is 29.2 Å². The van der Waals surface area contributed by atoms with Crippen LogP contribution in [0.1, 0.15) is 18.9 Å². The van der Waals surface area contributed by atoms with E-state index >= 15 is 0 Å². The van der Waals surface area contributed by atoms with E-state index in [2.05, 4.69) is 17.5 Å². The Labute approximate surface area is 140 Å². The molecule has 5 nitrogen and oxygen atoms in total. The Morgan fingerprint density at radius 1 is 1.17 bits per heavy atom. The van der Waals surface area contributed by atoms with Gasteiger partial charge in [-0.25, -0.2) is 0 Å². The molecule has 1 aromatic rings. The van der Waals surface area contributed by atoms with E-state index in [1.807, 2.05) is 31.2 Å². The number of carbonyl (C=O) groups excluding carboxylic acids is 3. The number of aryl methyl sites for hydroxylation is 1. The van der Waals surface area contributed by atoms with Gasteiger partial charge in [0.05, 0.1) is 11.8 Å². The lowest BCUT2D eigenvalue weighted by Crippen LogP contribution is -2.39. The standard InChI is InChI=1S/C19H20N2O3/c1-2-11-4-3-5-14(8-11)20-15(22)10-21-18(23)16-12-6-7-13(9-12)17(16)19(21)24/h3-8,12-13,16-17H,2,9-10H2,1H3,(H,20,22). The number of fused-ring (bicyclic) bond motifs is 5. The van der Waals surface area contributed by atoms with Gasteiger partial charge in [-0.3, -0.25) is 19.3 Å². The summed E-state index contributed by atoms with van der Waals surface area (Å²) < 4.78 is 0. The Kier molecular flexibility index (Phi) is 3.52. The van der Waals surface area contributed by atoms with Crippen LogP contribution in [0, 0.1) is 23.7 Å². The number of hydrogen-bond donors (Lipinski definition) is 1. The van der Waals surface area contributed by atoms with Crippen LogP contribution in [0.3, 0.4) is 0 Å². The molecule has 2 bridgehead atoms. The third-order valence-corrected chi connectivity index (χ3v) is 5.48. The molecule has 1 aromatic carbocycles. The quantitative estimate of drug-likeness (QED) is 0.680. The van der Waals surface area contributed by atoms with Gasteiger partial charge in [0.15, 0.2) is 0 Å². The lowest BCUT2D eigenvalue weighted by Gasteiger charge is -2.17. The summed E-state index contributed by atoms with van der Waals surface area (Å²) >= 11 is 0. The minimum atomic E-state index is -0.328. The van der Waals surface area contributed by atoms with Crippen LogP contribution in [0.15, 0.2) is 36.4 Å². The van der Waals surface area contributed by atoms with Crippen molar-refractivity contribution in [3.63, 3.8) is 0 Å². The second-order valence-corrected chi connectivity index (χ2v) is 6.86. The number of imide groups is 1. The highest BCUT2D eigenvalue weighted by Gasteiger charge is 2.59. The van der Waals surface area contributed by atoms with E-state index in [4.69, 9.17) is 0 Å². The molecule has 3 aliphatic rings. The monoisotopic (exact) mass is 324 g/mol. The van der Waals surface area contributed by atoms with Crippen molar-refractivity contribution < 1.29 is 14.4 Å². The summed E-state index contributed by atoms with van der Waals surface area (Å²) in [4.78, 5) is 38.6. The van der Waals surface area contributed by atoms with Crippen LogP contribution < -0.4 is 5.32 Å². The third kappa shape index (κ3) is 2.27. The van der Waals surface area contributed by atoms with E-state index < -0.39 is 0 Å². The van der Waals surface area contributed by atoms with Gasteiger partial charge in [-0.1, -0.05) is 31.2 Å². The topological polar surface area (TPSA) is 66.5 Å². The normalized spacial score (nSPS) is 30.1. The summed E-state index contributed by atoms with van der Waals surface area (Å²) in [6.45, 7) is 1.85. The fraction of sp³-hybridized carbons (Fsp3) is 0.421. The van der Waals surface area contributed by atoms with Gasteiger partial charge in [-0.05, 0) is 42.4 Å². The highest BCUT2D eigenvalue weighted by molar-refractivity contribution is 6.09. The molecule has 4 rings (SSSR count). The Morgan fingerprint density at radius 3 is 2.46 bits per heavy atom. The van der Waals surface area contributed by atoms with E-state index in [1.54, 1.807) is 0 Å². The van der Waals surface area contributed by atoms with Crippen molar-refractivity contribution in [2.75, 3.05) is 11.9 Å². The average Bonchev–Trinajstić information content (AvgIpc) is 3.25. The second kappa shape index (κ2) is 5.58. The van der Waals surface area contributed by atoms with Crippen LogP contribution in [-0.2, 0) is 20.8 Å². The van der Waals surface area contributed by atoms with Gasteiger partial charge in [-0.2, -0.15) is 0 Å². The number of amides is 3. The fourth-order valence-corrected chi connectivity index (χ4v) is 4.33. The summed E-state index contributed by atoms with van der Waals surface area (Å²) in [6.07, 6.45) is 5.89. The number of nitrogens with one attached hydrogen (secondary N) is 1. The Balaban J connectivity index is 1.45. The number of allylic oxidation sites excluding steroid dienone is 2. The Bertz CT molecular complexity index is 725. The van der Waals surface area contributed by atoms with Crippen molar-refractivity contribution in [3.8, 4) is 0 Å². The molecule has 24 heavy (non-hydrogen) atoms. The predicted octanol–water partition coefficient (Wildman–Crippen LogP) is 1.99. The van der Waals surface area contributed by atoms with Gasteiger partial charge in [0.1, 0.15) is 6.54 Å². The van der Waals surface area contributed by atoms with Gasteiger partial charge in [0, 0.05) is 5.69 Å². The van der Waals surface area contributed by atoms with Crippen LogP contribution in [0.25, 0.3) is 0 Å². The molecular formula is C19H20N2O3. The van der Waals surface area contributed by atoms with Crippen molar-refractivity contribution in [2.24, 2.45) is 23.7 Å². The van der Waals surface area contributed by atoms with Gasteiger partial charge in [0.2, 0.25) is 17.7 Å². The van der Waals surface area contributed by atoms with Gasteiger partial charge >= 0.3 is 0 Å². The van der Waals surface area contributed by atoms with E-state index in [0.717, 1.165) is 23.3 Å². The zero-order chi connectivity index (χ0) is 16.8. The van der Waals surface area contributed by atoms with Crippen molar-refractivity contribution in [1.29, 1.82) is 0 Å². The van der Waals surface area contributed by atoms with Crippen LogP contribution in [0.4, 0.5) is 5.69 Å². The predicted molar refractivity (Wildman–Crippen MR) is 88.9 cm³/mol. The first-order chi connectivity index (χ1) is 11.6. The van der Waals surface area contributed by atoms with Crippen LogP contribution in [0.5, 0.6) is 0 Å². The lowest BCUT2D eigenvalue weighted by molar-refractivity contribution is -0.143. The third-order valence-electron chi connectivity index (χ3n) is 5.48. The minimum Gasteiger partial charge on any atom is -0.325 e. The van der Waals surface area contributed by atoms with Crippen molar-refractivity contribution in [2.45, 2.75) is 19.8 Å². The number of nitrogens with zero attached hydrogens (tertiary/aromatic N) is 1. The molecule has 5 heteroatoms. The molecule has 1 aliphatic heterocycles. The second-order valence-electron chi connectivity index (χ2n) is 6.86. The maximum atomic E-state index is 12.6. The molecule has 0 radical (unpaired) electrons. The number of carbonyl (C=O) groups is 3. The molecule has 124 valence electrons. The Hall–Kier alpha value is -2.43. The maximum Gasteiger partial charge on any atom is 0.244 e. The van der Waals surface area contributed by atoms with E-state index in [1.165, 1.54) is 0 Å². The summed E-state index contributed by atoms with van der Waals surface area (Å²) in [5.74, 6) is -0.840. The highest BCUT2D eigenvalue weighted by Crippen LogP contribution is 2.52. The smallest absolute Gasteiger partial charge is 0.244 e. The van der Waals surface area contributed by atoms with Crippen molar-refractivity contribution in [3.05, 3.63) is 42.0 Å². The first kappa shape index (κ1) is 15.1. The molecule has 1 saturated heterocycles. The van der Waals surface area contributed by atoms with Crippen LogP contribution >= 0.6 is 0 Å². The molecule has 2 fully saturated rings. The first-order valence-electron chi connectivity index (χ1n) is 8.51. The first-order valence-corrected chi connectivity index (χ1v) is 8.51. The molecule has 0 spiro atoms. The molecule has 4 unspecified atom stereocenters. The molecule has 1 saturated carbocycles. The number of hydrogen-bond acceptors (Lipinski definition) is 3. The lowest BCUT2D eigenvalue weighted by atomic mass is 9.85. The summed E-state index contributed by atoms with van der Waals surface area (Å²) in [7, 11) is 0. The molecule has 1 heterocycles. The van der Waals surface area contributed by atoms with Gasteiger partial charge < -0.3 is 5.32 Å². The maximum absolute atomic E-state index is 12.6. The summed E-state index contributed by atoms with van der Waals surface area (Å²) in [5, 5.41) is 2.79. The molecular weight excluding hydrogens is 304 g/mol. The molecule has 0 aromatic heterocycles. The highest BCUT2D eigenvalue weighted by atomic mass is 16.2. The molecule has 3 amide bonds. The minimum absolute atomic E-state index is 0.172. The average molecular weight is 324 g/mol. The number of likely N-dealkylation sites (tertiary alicyclic amines) is 1. The molecule has 1 N–H and O–H groups in total. The van der Waals surface area contributed by atoms with Gasteiger partial charge in [0.25, 0.3) is 0 Å². The number of benzene rings is 1. The van der Waals surface area contributed by atoms with Crippen LogP contribution in [0.2, 0.25) is 0 Å². The number of rotatable bonds is 4. The van der Waals surface area contributed by atoms with Crippen molar-refractivity contribution in [1.82, 2.24) is 4.90 Å². The van der Waals surface area contributed by atoms with Crippen molar-refractivity contribution >= 4 is 23.4 Å². The molecule has 2 aliphatic carbocycles. The fourth-order valence-electron chi connectivity index (χ4n) is 4.33. The van der Waals surface area contributed by atoms with Gasteiger partial charge in [-0.15, -0.1) is 0 Å².